The van der Waals surface area contributed by atoms with E-state index in [0.29, 0.717) is 24.5 Å². The summed E-state index contributed by atoms with van der Waals surface area (Å²) in [4.78, 5) is 24.5. The standard InChI is InChI=1S/C15H17N5O3/c16-10-13-2-1-8-18(13)15(21)14-7-9-19(17-14)11-3-5-12(6-4-11)20(22)23/h3-7,9,13H,1-2,8,10,16H2. The number of carbonyl (C=O) groups is 1. The Morgan fingerprint density at radius 2 is 2.09 bits per heavy atom. The number of hydrogen-bond acceptors (Lipinski definition) is 5. The Bertz CT molecular complexity index is 725. The fraction of sp³-hybridized carbons (Fsp3) is 0.333. The second kappa shape index (κ2) is 6.17. The predicted molar refractivity (Wildman–Crippen MR) is 83.3 cm³/mol. The predicted octanol–water partition coefficient (Wildman–Crippen LogP) is 1.34. The molecule has 2 heterocycles. The highest BCUT2D eigenvalue weighted by atomic mass is 16.6. The van der Waals surface area contributed by atoms with Gasteiger partial charge >= 0.3 is 0 Å². The minimum Gasteiger partial charge on any atom is -0.333 e. The summed E-state index contributed by atoms with van der Waals surface area (Å²) in [7, 11) is 0. The molecule has 1 atom stereocenters. The first kappa shape index (κ1) is 15.2. The minimum atomic E-state index is -0.456. The highest BCUT2D eigenvalue weighted by Crippen LogP contribution is 2.20. The molecule has 8 nitrogen and oxygen atoms in total. The molecule has 1 saturated heterocycles. The monoisotopic (exact) mass is 315 g/mol. The summed E-state index contributed by atoms with van der Waals surface area (Å²) in [5, 5.41) is 15.0. The fourth-order valence-electron chi connectivity index (χ4n) is 2.80. The number of amides is 1. The van der Waals surface area contributed by atoms with Crippen LogP contribution in [0.3, 0.4) is 0 Å². The van der Waals surface area contributed by atoms with E-state index in [1.165, 1.54) is 16.8 Å². The van der Waals surface area contributed by atoms with Crippen LogP contribution < -0.4 is 5.73 Å². The van der Waals surface area contributed by atoms with Gasteiger partial charge in [0, 0.05) is 37.5 Å². The van der Waals surface area contributed by atoms with Crippen molar-refractivity contribution < 1.29 is 9.72 Å². The van der Waals surface area contributed by atoms with Gasteiger partial charge in [-0.25, -0.2) is 4.68 Å². The lowest BCUT2D eigenvalue weighted by Gasteiger charge is -2.22. The Kier molecular flexibility index (Phi) is 4.07. The molecule has 1 unspecified atom stereocenters. The van der Waals surface area contributed by atoms with Gasteiger partial charge in [-0.15, -0.1) is 0 Å². The zero-order valence-corrected chi connectivity index (χ0v) is 12.5. The largest absolute Gasteiger partial charge is 0.333 e. The number of hydrogen-bond donors (Lipinski definition) is 1. The van der Waals surface area contributed by atoms with Crippen LogP contribution in [0.4, 0.5) is 5.69 Å². The molecular weight excluding hydrogens is 298 g/mol. The molecule has 2 aromatic rings. The number of aromatic nitrogens is 2. The van der Waals surface area contributed by atoms with Crippen LogP contribution in [-0.2, 0) is 0 Å². The van der Waals surface area contributed by atoms with Gasteiger partial charge in [-0.2, -0.15) is 5.10 Å². The normalized spacial score (nSPS) is 17.4. The van der Waals surface area contributed by atoms with E-state index in [9.17, 15) is 14.9 Å². The van der Waals surface area contributed by atoms with Gasteiger partial charge < -0.3 is 10.6 Å². The molecule has 0 bridgehead atoms. The van der Waals surface area contributed by atoms with Gasteiger partial charge in [0.05, 0.1) is 10.6 Å². The van der Waals surface area contributed by atoms with Crippen molar-refractivity contribution in [3.8, 4) is 5.69 Å². The molecule has 0 radical (unpaired) electrons. The molecular formula is C15H17N5O3. The Labute approximate surface area is 132 Å². The Morgan fingerprint density at radius 3 is 2.74 bits per heavy atom. The maximum atomic E-state index is 12.5. The molecule has 1 amide bonds. The maximum absolute atomic E-state index is 12.5. The van der Waals surface area contributed by atoms with E-state index in [-0.39, 0.29) is 17.6 Å². The lowest BCUT2D eigenvalue weighted by molar-refractivity contribution is -0.384. The molecule has 1 aliphatic heterocycles. The first-order chi connectivity index (χ1) is 11.1. The molecule has 1 fully saturated rings. The van der Waals surface area contributed by atoms with E-state index in [4.69, 9.17) is 5.73 Å². The average Bonchev–Trinajstić information content (AvgIpc) is 3.23. The van der Waals surface area contributed by atoms with Gasteiger partial charge in [0.15, 0.2) is 5.69 Å². The summed E-state index contributed by atoms with van der Waals surface area (Å²) < 4.78 is 1.53. The average molecular weight is 315 g/mol. The zero-order valence-electron chi connectivity index (χ0n) is 12.5. The van der Waals surface area contributed by atoms with Crippen LogP contribution in [0.2, 0.25) is 0 Å². The number of nitrogens with zero attached hydrogens (tertiary/aromatic N) is 4. The van der Waals surface area contributed by atoms with Crippen LogP contribution in [0, 0.1) is 10.1 Å². The highest BCUT2D eigenvalue weighted by molar-refractivity contribution is 5.92. The molecule has 0 aliphatic carbocycles. The zero-order chi connectivity index (χ0) is 16.4. The topological polar surface area (TPSA) is 107 Å². The van der Waals surface area contributed by atoms with Gasteiger partial charge in [-0.3, -0.25) is 14.9 Å². The Morgan fingerprint density at radius 1 is 1.35 bits per heavy atom. The van der Waals surface area contributed by atoms with Gasteiger partial charge in [-0.05, 0) is 31.0 Å². The maximum Gasteiger partial charge on any atom is 0.274 e. The number of benzene rings is 1. The SMILES string of the molecule is NCC1CCCN1C(=O)c1ccn(-c2ccc([N+](=O)[O-])cc2)n1. The number of non-ortho nitro benzene ring substituents is 1. The van der Waals surface area contributed by atoms with E-state index in [1.807, 2.05) is 0 Å². The van der Waals surface area contributed by atoms with E-state index in [0.717, 1.165) is 12.8 Å². The lowest BCUT2D eigenvalue weighted by atomic mass is 10.2. The summed E-state index contributed by atoms with van der Waals surface area (Å²) in [5.41, 5.74) is 6.72. The molecule has 2 N–H and O–H groups in total. The molecule has 1 aromatic heterocycles. The molecule has 1 aromatic carbocycles. The number of rotatable bonds is 4. The number of nitrogens with two attached hydrogens (primary N) is 1. The van der Waals surface area contributed by atoms with E-state index in [2.05, 4.69) is 5.10 Å². The van der Waals surface area contributed by atoms with Crippen LogP contribution in [0.5, 0.6) is 0 Å². The van der Waals surface area contributed by atoms with Gasteiger partial charge in [0.1, 0.15) is 0 Å². The summed E-state index contributed by atoms with van der Waals surface area (Å²) in [6.07, 6.45) is 3.55. The minimum absolute atomic E-state index is 0.0139. The first-order valence-electron chi connectivity index (χ1n) is 7.41. The van der Waals surface area contributed by atoms with Crippen molar-refractivity contribution >= 4 is 11.6 Å². The summed E-state index contributed by atoms with van der Waals surface area (Å²) >= 11 is 0. The van der Waals surface area contributed by atoms with Crippen LogP contribution in [0.25, 0.3) is 5.69 Å². The smallest absolute Gasteiger partial charge is 0.274 e. The molecule has 8 heteroatoms. The van der Waals surface area contributed by atoms with Crippen molar-refractivity contribution in [2.45, 2.75) is 18.9 Å². The van der Waals surface area contributed by atoms with Gasteiger partial charge in [-0.1, -0.05) is 0 Å². The van der Waals surface area contributed by atoms with Crippen LogP contribution >= 0.6 is 0 Å². The molecule has 1 aliphatic rings. The van der Waals surface area contributed by atoms with Crippen molar-refractivity contribution in [2.75, 3.05) is 13.1 Å². The third-order valence-corrected chi connectivity index (χ3v) is 4.04. The summed E-state index contributed by atoms with van der Waals surface area (Å²) in [6, 6.07) is 7.73. The number of nitro groups is 1. The summed E-state index contributed by atoms with van der Waals surface area (Å²) in [5.74, 6) is -0.126. The molecule has 120 valence electrons. The fourth-order valence-corrected chi connectivity index (χ4v) is 2.80. The summed E-state index contributed by atoms with van der Waals surface area (Å²) in [6.45, 7) is 1.15. The molecule has 23 heavy (non-hydrogen) atoms. The third-order valence-electron chi connectivity index (χ3n) is 4.04. The molecule has 0 saturated carbocycles. The third kappa shape index (κ3) is 2.93. The molecule has 0 spiro atoms. The van der Waals surface area contributed by atoms with Crippen molar-refractivity contribution in [1.29, 1.82) is 0 Å². The Hall–Kier alpha value is -2.74. The van der Waals surface area contributed by atoms with Crippen molar-refractivity contribution in [3.05, 3.63) is 52.3 Å². The van der Waals surface area contributed by atoms with Gasteiger partial charge in [0.25, 0.3) is 11.6 Å². The Balaban J connectivity index is 1.80. The first-order valence-corrected chi connectivity index (χ1v) is 7.41. The lowest BCUT2D eigenvalue weighted by Crippen LogP contribution is -2.40. The number of carbonyl (C=O) groups excluding carboxylic acids is 1. The van der Waals surface area contributed by atoms with Gasteiger partial charge in [0.2, 0.25) is 0 Å². The second-order valence-corrected chi connectivity index (χ2v) is 5.45. The van der Waals surface area contributed by atoms with Crippen molar-refractivity contribution in [2.24, 2.45) is 5.73 Å². The van der Waals surface area contributed by atoms with Crippen LogP contribution in [0.1, 0.15) is 23.3 Å². The second-order valence-electron chi connectivity index (χ2n) is 5.45. The van der Waals surface area contributed by atoms with Crippen LogP contribution in [-0.4, -0.2) is 44.6 Å². The number of nitro benzene ring substituents is 1. The highest BCUT2D eigenvalue weighted by Gasteiger charge is 2.29. The van der Waals surface area contributed by atoms with Crippen molar-refractivity contribution in [3.63, 3.8) is 0 Å². The van der Waals surface area contributed by atoms with E-state index < -0.39 is 4.92 Å². The quantitative estimate of drug-likeness (QED) is 0.676. The van der Waals surface area contributed by atoms with Crippen LogP contribution in [0.15, 0.2) is 36.5 Å². The molecule has 3 rings (SSSR count). The van der Waals surface area contributed by atoms with Crippen molar-refractivity contribution in [1.82, 2.24) is 14.7 Å². The number of likely N-dealkylation sites (tertiary alicyclic amines) is 1. The van der Waals surface area contributed by atoms with E-state index in [1.54, 1.807) is 29.3 Å². The van der Waals surface area contributed by atoms with E-state index >= 15 is 0 Å².